The first-order valence-electron chi connectivity index (χ1n) is 6.15. The summed E-state index contributed by atoms with van der Waals surface area (Å²) < 4.78 is 5.55. The van der Waals surface area contributed by atoms with Gasteiger partial charge in [0.15, 0.2) is 0 Å². The zero-order chi connectivity index (χ0) is 10.8. The van der Waals surface area contributed by atoms with Crippen molar-refractivity contribution in [2.45, 2.75) is 64.1 Å². The van der Waals surface area contributed by atoms with Crippen LogP contribution in [0.3, 0.4) is 0 Å². The van der Waals surface area contributed by atoms with Gasteiger partial charge in [0.05, 0.1) is 5.92 Å². The zero-order valence-electron chi connectivity index (χ0n) is 9.66. The van der Waals surface area contributed by atoms with Crippen molar-refractivity contribution in [3.63, 3.8) is 0 Å². The van der Waals surface area contributed by atoms with E-state index in [9.17, 15) is 4.79 Å². The summed E-state index contributed by atoms with van der Waals surface area (Å²) >= 11 is 0. The van der Waals surface area contributed by atoms with E-state index >= 15 is 0 Å². The van der Waals surface area contributed by atoms with Crippen LogP contribution in [0.4, 0.5) is 0 Å². The number of piperidine rings is 1. The van der Waals surface area contributed by atoms with E-state index in [1.54, 1.807) is 0 Å². The van der Waals surface area contributed by atoms with Crippen molar-refractivity contribution < 1.29 is 9.53 Å². The van der Waals surface area contributed by atoms with E-state index in [1.807, 2.05) is 13.8 Å². The molecule has 0 aromatic rings. The van der Waals surface area contributed by atoms with Crippen molar-refractivity contribution in [1.29, 1.82) is 0 Å². The van der Waals surface area contributed by atoms with E-state index < -0.39 is 0 Å². The summed E-state index contributed by atoms with van der Waals surface area (Å²) in [7, 11) is 0. The van der Waals surface area contributed by atoms with E-state index in [-0.39, 0.29) is 18.0 Å². The molecular weight excluding hydrogens is 190 g/mol. The van der Waals surface area contributed by atoms with Crippen LogP contribution in [0, 0.1) is 5.92 Å². The molecule has 0 aromatic heterocycles. The summed E-state index contributed by atoms with van der Waals surface area (Å²) in [4.78, 5) is 11.6. The van der Waals surface area contributed by atoms with E-state index in [0.717, 1.165) is 19.3 Å². The molecule has 2 rings (SSSR count). The van der Waals surface area contributed by atoms with Gasteiger partial charge in [0.1, 0.15) is 6.10 Å². The quantitative estimate of drug-likeness (QED) is 0.724. The van der Waals surface area contributed by atoms with E-state index in [2.05, 4.69) is 5.32 Å². The lowest BCUT2D eigenvalue weighted by molar-refractivity contribution is -0.155. The van der Waals surface area contributed by atoms with Crippen LogP contribution in [-0.4, -0.2) is 24.2 Å². The van der Waals surface area contributed by atoms with Gasteiger partial charge in [0, 0.05) is 12.1 Å². The highest BCUT2D eigenvalue weighted by Crippen LogP contribution is 2.29. The van der Waals surface area contributed by atoms with Gasteiger partial charge in [-0.1, -0.05) is 13.8 Å². The Balaban J connectivity index is 1.82. The van der Waals surface area contributed by atoms with Gasteiger partial charge in [-0.3, -0.25) is 4.79 Å². The van der Waals surface area contributed by atoms with Crippen molar-refractivity contribution in [1.82, 2.24) is 5.32 Å². The van der Waals surface area contributed by atoms with Crippen LogP contribution >= 0.6 is 0 Å². The highest BCUT2D eigenvalue weighted by atomic mass is 16.5. The highest BCUT2D eigenvalue weighted by Gasteiger charge is 2.35. The Hall–Kier alpha value is -0.570. The predicted molar refractivity (Wildman–Crippen MR) is 58.5 cm³/mol. The van der Waals surface area contributed by atoms with Gasteiger partial charge in [-0.2, -0.15) is 0 Å². The molecular formula is C12H21NO2. The molecule has 2 aliphatic heterocycles. The standard InChI is InChI=1S/C12H21NO2/c1-3-8(2)12(14)15-11-6-9-4-5-10(7-11)13-9/h8-11,13H,3-7H2,1-2H3. The molecule has 15 heavy (non-hydrogen) atoms. The van der Waals surface area contributed by atoms with Gasteiger partial charge in [0.25, 0.3) is 0 Å². The first kappa shape index (κ1) is 10.9. The maximum Gasteiger partial charge on any atom is 0.308 e. The molecule has 3 nitrogen and oxygen atoms in total. The van der Waals surface area contributed by atoms with Crippen molar-refractivity contribution in [3.8, 4) is 0 Å². The summed E-state index contributed by atoms with van der Waals surface area (Å²) in [5.41, 5.74) is 0. The lowest BCUT2D eigenvalue weighted by atomic mass is 10.0. The van der Waals surface area contributed by atoms with Crippen molar-refractivity contribution >= 4 is 5.97 Å². The molecule has 2 bridgehead atoms. The van der Waals surface area contributed by atoms with Crippen LogP contribution in [-0.2, 0) is 9.53 Å². The smallest absolute Gasteiger partial charge is 0.308 e. The minimum absolute atomic E-state index is 0.0104. The molecule has 0 radical (unpaired) electrons. The second kappa shape index (κ2) is 4.52. The number of rotatable bonds is 3. The summed E-state index contributed by atoms with van der Waals surface area (Å²) in [6.07, 6.45) is 5.57. The molecule has 3 unspecified atom stereocenters. The molecule has 0 saturated carbocycles. The Kier molecular flexibility index (Phi) is 3.29. The Labute approximate surface area is 91.6 Å². The average Bonchev–Trinajstić information content (AvgIpc) is 2.57. The second-order valence-electron chi connectivity index (χ2n) is 4.98. The second-order valence-corrected chi connectivity index (χ2v) is 4.98. The first-order chi connectivity index (χ1) is 7.19. The van der Waals surface area contributed by atoms with Crippen LogP contribution in [0.2, 0.25) is 0 Å². The van der Waals surface area contributed by atoms with Gasteiger partial charge in [0.2, 0.25) is 0 Å². The van der Waals surface area contributed by atoms with E-state index in [1.165, 1.54) is 12.8 Å². The van der Waals surface area contributed by atoms with Gasteiger partial charge < -0.3 is 10.1 Å². The molecule has 0 aliphatic carbocycles. The molecule has 0 amide bonds. The topological polar surface area (TPSA) is 38.3 Å². The normalized spacial score (nSPS) is 36.3. The molecule has 3 heteroatoms. The number of carbonyl (C=O) groups excluding carboxylic acids is 1. The SMILES string of the molecule is CCC(C)C(=O)OC1CC2CCC(C1)N2. The number of ether oxygens (including phenoxy) is 1. The number of carbonyl (C=O) groups is 1. The number of fused-ring (bicyclic) bond motifs is 2. The molecule has 1 N–H and O–H groups in total. The summed E-state index contributed by atoms with van der Waals surface area (Å²) in [6.45, 7) is 3.97. The Morgan fingerprint density at radius 3 is 2.53 bits per heavy atom. The lowest BCUT2D eigenvalue weighted by Crippen LogP contribution is -2.42. The van der Waals surface area contributed by atoms with Crippen molar-refractivity contribution in [3.05, 3.63) is 0 Å². The lowest BCUT2D eigenvalue weighted by Gasteiger charge is -2.29. The summed E-state index contributed by atoms with van der Waals surface area (Å²) in [5.74, 6) is 0.0429. The summed E-state index contributed by atoms with van der Waals surface area (Å²) in [6, 6.07) is 1.19. The minimum Gasteiger partial charge on any atom is -0.462 e. The summed E-state index contributed by atoms with van der Waals surface area (Å²) in [5, 5.41) is 3.55. The Bertz CT molecular complexity index is 230. The van der Waals surface area contributed by atoms with E-state index in [0.29, 0.717) is 12.1 Å². The number of hydrogen-bond acceptors (Lipinski definition) is 3. The number of hydrogen-bond donors (Lipinski definition) is 1. The zero-order valence-corrected chi connectivity index (χ0v) is 9.66. The average molecular weight is 211 g/mol. The highest BCUT2D eigenvalue weighted by molar-refractivity contribution is 5.72. The maximum atomic E-state index is 11.6. The molecule has 0 spiro atoms. The fourth-order valence-corrected chi connectivity index (χ4v) is 2.55. The third kappa shape index (κ3) is 2.51. The van der Waals surface area contributed by atoms with Crippen LogP contribution in [0.5, 0.6) is 0 Å². The first-order valence-corrected chi connectivity index (χ1v) is 6.15. The van der Waals surface area contributed by atoms with Gasteiger partial charge in [-0.05, 0) is 32.1 Å². The molecule has 2 fully saturated rings. The molecule has 3 atom stereocenters. The van der Waals surface area contributed by atoms with Gasteiger partial charge in [-0.25, -0.2) is 0 Å². The predicted octanol–water partition coefficient (Wildman–Crippen LogP) is 1.86. The molecule has 86 valence electrons. The third-order valence-corrected chi connectivity index (χ3v) is 3.73. The van der Waals surface area contributed by atoms with Crippen LogP contribution < -0.4 is 5.32 Å². The minimum atomic E-state index is -0.0104. The third-order valence-electron chi connectivity index (χ3n) is 3.73. The largest absolute Gasteiger partial charge is 0.462 e. The van der Waals surface area contributed by atoms with Gasteiger partial charge in [-0.15, -0.1) is 0 Å². The van der Waals surface area contributed by atoms with Gasteiger partial charge >= 0.3 is 5.97 Å². The van der Waals surface area contributed by atoms with Crippen molar-refractivity contribution in [2.75, 3.05) is 0 Å². The van der Waals surface area contributed by atoms with Crippen LogP contribution in [0.25, 0.3) is 0 Å². The fourth-order valence-electron chi connectivity index (χ4n) is 2.55. The number of esters is 1. The molecule has 2 saturated heterocycles. The Morgan fingerprint density at radius 2 is 2.00 bits per heavy atom. The molecule has 0 aromatic carbocycles. The Morgan fingerprint density at radius 1 is 1.40 bits per heavy atom. The van der Waals surface area contributed by atoms with E-state index in [4.69, 9.17) is 4.74 Å². The van der Waals surface area contributed by atoms with Crippen LogP contribution in [0.1, 0.15) is 46.0 Å². The van der Waals surface area contributed by atoms with Crippen LogP contribution in [0.15, 0.2) is 0 Å². The molecule has 2 aliphatic rings. The number of nitrogens with one attached hydrogen (secondary N) is 1. The van der Waals surface area contributed by atoms with Crippen molar-refractivity contribution in [2.24, 2.45) is 5.92 Å². The monoisotopic (exact) mass is 211 g/mol. The maximum absolute atomic E-state index is 11.6. The molecule has 2 heterocycles. The fraction of sp³-hybridized carbons (Fsp3) is 0.917.